The first kappa shape index (κ1) is 23.0. The van der Waals surface area contributed by atoms with E-state index < -0.39 is 9.84 Å². The summed E-state index contributed by atoms with van der Waals surface area (Å²) in [5.41, 5.74) is 1.76. The average molecular weight is 478 g/mol. The van der Waals surface area contributed by atoms with E-state index in [4.69, 9.17) is 0 Å². The van der Waals surface area contributed by atoms with Gasteiger partial charge in [0.05, 0.1) is 16.2 Å². The Morgan fingerprint density at radius 2 is 1.62 bits per heavy atom. The van der Waals surface area contributed by atoms with Crippen molar-refractivity contribution in [3.05, 3.63) is 71.9 Å². The fraction of sp³-hybridized carbons (Fsp3) is 0.407. The van der Waals surface area contributed by atoms with Crippen molar-refractivity contribution in [2.45, 2.75) is 36.3 Å². The lowest BCUT2D eigenvalue weighted by Gasteiger charge is -2.36. The number of carbonyl (C=O) groups is 1. The number of rotatable bonds is 6. The summed E-state index contributed by atoms with van der Waals surface area (Å²) in [5.74, 6) is 0.723. The van der Waals surface area contributed by atoms with Crippen LogP contribution in [0.4, 0.5) is 0 Å². The maximum absolute atomic E-state index is 13.1. The zero-order valence-corrected chi connectivity index (χ0v) is 20.2. The molecular formula is C27H31N3O3S. The molecule has 34 heavy (non-hydrogen) atoms. The van der Waals surface area contributed by atoms with Crippen molar-refractivity contribution in [1.82, 2.24) is 14.8 Å². The zero-order chi connectivity index (χ0) is 23.5. The minimum Gasteiger partial charge on any atom is -0.336 e. The highest BCUT2D eigenvalue weighted by atomic mass is 32.2. The van der Waals surface area contributed by atoms with Crippen LogP contribution in [-0.2, 0) is 15.6 Å². The number of benzene rings is 2. The molecule has 0 N–H and O–H groups in total. The van der Waals surface area contributed by atoms with Gasteiger partial charge in [-0.05, 0) is 48.6 Å². The lowest BCUT2D eigenvalue weighted by molar-refractivity contribution is 0.0618. The lowest BCUT2D eigenvalue weighted by atomic mass is 10.1. The van der Waals surface area contributed by atoms with Gasteiger partial charge in [-0.3, -0.25) is 14.7 Å². The second kappa shape index (κ2) is 9.84. The number of nitrogens with zero attached hydrogens (tertiary/aromatic N) is 3. The average Bonchev–Trinajstić information content (AvgIpc) is 3.37. The first-order chi connectivity index (χ1) is 16.5. The van der Waals surface area contributed by atoms with Crippen LogP contribution in [0.15, 0.2) is 65.7 Å². The second-order valence-electron chi connectivity index (χ2n) is 9.53. The molecule has 6 nitrogen and oxygen atoms in total. The van der Waals surface area contributed by atoms with Crippen molar-refractivity contribution < 1.29 is 13.2 Å². The molecule has 7 heteroatoms. The summed E-state index contributed by atoms with van der Waals surface area (Å²) in [5, 5.41) is 0.799. The van der Waals surface area contributed by atoms with E-state index in [1.807, 2.05) is 17.0 Å². The largest absolute Gasteiger partial charge is 0.336 e. The highest BCUT2D eigenvalue weighted by Crippen LogP contribution is 2.26. The standard InChI is InChI=1S/C27H31N3O3S/c31-27(30-17-15-29(16-18-30)19-21-5-1-2-6-21)24-12-10-22(11-13-24)20-34(32,33)25-9-3-7-23-8-4-14-28-26(23)25/h3-4,7-14,21H,1-2,5-6,15-20H2. The van der Waals surface area contributed by atoms with Crippen LogP contribution < -0.4 is 0 Å². The summed E-state index contributed by atoms with van der Waals surface area (Å²) in [4.78, 5) is 21.9. The maximum Gasteiger partial charge on any atom is 0.253 e. The molecule has 1 saturated carbocycles. The molecule has 0 bridgehead atoms. The molecule has 1 saturated heterocycles. The van der Waals surface area contributed by atoms with Crippen LogP contribution in [0.3, 0.4) is 0 Å². The smallest absolute Gasteiger partial charge is 0.253 e. The van der Waals surface area contributed by atoms with Crippen molar-refractivity contribution in [3.63, 3.8) is 0 Å². The fourth-order valence-corrected chi connectivity index (χ4v) is 6.78. The van der Waals surface area contributed by atoms with E-state index in [2.05, 4.69) is 9.88 Å². The van der Waals surface area contributed by atoms with E-state index in [9.17, 15) is 13.2 Å². The number of hydrogen-bond donors (Lipinski definition) is 0. The second-order valence-corrected chi connectivity index (χ2v) is 11.5. The minimum absolute atomic E-state index is 0.0215. The van der Waals surface area contributed by atoms with E-state index in [1.165, 1.54) is 25.7 Å². The number of amides is 1. The Bertz CT molecular complexity index is 1250. The molecule has 2 heterocycles. The molecule has 1 amide bonds. The van der Waals surface area contributed by atoms with Gasteiger partial charge in [-0.1, -0.05) is 43.2 Å². The first-order valence-electron chi connectivity index (χ1n) is 12.2. The number of pyridine rings is 1. The SMILES string of the molecule is O=C(c1ccc(CS(=O)(=O)c2cccc3cccnc23)cc1)N1CCN(CC2CCCC2)CC1. The molecule has 5 rings (SSSR count). The van der Waals surface area contributed by atoms with Gasteiger partial charge in [0.15, 0.2) is 9.84 Å². The Kier molecular flexibility index (Phi) is 6.66. The molecule has 2 fully saturated rings. The van der Waals surface area contributed by atoms with Crippen LogP contribution in [0.1, 0.15) is 41.6 Å². The normalized spacial score (nSPS) is 17.9. The van der Waals surface area contributed by atoms with Crippen molar-refractivity contribution >= 4 is 26.6 Å². The van der Waals surface area contributed by atoms with Crippen LogP contribution >= 0.6 is 0 Å². The van der Waals surface area contributed by atoms with E-state index in [-0.39, 0.29) is 16.6 Å². The van der Waals surface area contributed by atoms with E-state index in [0.717, 1.165) is 44.0 Å². The number of hydrogen-bond acceptors (Lipinski definition) is 5. The van der Waals surface area contributed by atoms with Crippen molar-refractivity contribution in [2.24, 2.45) is 5.92 Å². The molecular weight excluding hydrogens is 446 g/mol. The lowest BCUT2D eigenvalue weighted by Crippen LogP contribution is -2.49. The van der Waals surface area contributed by atoms with Crippen LogP contribution in [0.25, 0.3) is 10.9 Å². The number of sulfone groups is 1. The summed E-state index contributed by atoms with van der Waals surface area (Å²) in [7, 11) is -3.57. The number of piperazine rings is 1. The first-order valence-corrected chi connectivity index (χ1v) is 13.8. The summed E-state index contributed by atoms with van der Waals surface area (Å²) in [6, 6.07) is 15.9. The minimum atomic E-state index is -3.57. The molecule has 0 unspecified atom stereocenters. The Morgan fingerprint density at radius 3 is 2.35 bits per heavy atom. The third kappa shape index (κ3) is 5.00. The fourth-order valence-electron chi connectivity index (χ4n) is 5.24. The van der Waals surface area contributed by atoms with Gasteiger partial charge in [-0.25, -0.2) is 8.42 Å². The van der Waals surface area contributed by atoms with Gasteiger partial charge < -0.3 is 4.90 Å². The molecule has 1 aromatic heterocycles. The van der Waals surface area contributed by atoms with Gasteiger partial charge in [0.1, 0.15) is 0 Å². The summed E-state index contributed by atoms with van der Waals surface area (Å²) in [6.45, 7) is 4.51. The molecule has 1 aliphatic heterocycles. The van der Waals surface area contributed by atoms with E-state index >= 15 is 0 Å². The molecule has 1 aliphatic carbocycles. The highest BCUT2D eigenvalue weighted by molar-refractivity contribution is 7.90. The van der Waals surface area contributed by atoms with Crippen LogP contribution in [0.5, 0.6) is 0 Å². The van der Waals surface area contributed by atoms with Gasteiger partial charge in [0.25, 0.3) is 5.91 Å². The van der Waals surface area contributed by atoms with Gasteiger partial charge in [-0.2, -0.15) is 0 Å². The van der Waals surface area contributed by atoms with Crippen LogP contribution in [0.2, 0.25) is 0 Å². The quantitative estimate of drug-likeness (QED) is 0.533. The molecule has 0 spiro atoms. The third-order valence-electron chi connectivity index (χ3n) is 7.14. The topological polar surface area (TPSA) is 70.6 Å². The number of para-hydroxylation sites is 1. The van der Waals surface area contributed by atoms with Crippen molar-refractivity contribution in [1.29, 1.82) is 0 Å². The Balaban J connectivity index is 1.22. The maximum atomic E-state index is 13.1. The van der Waals surface area contributed by atoms with Gasteiger partial charge in [0.2, 0.25) is 0 Å². The predicted molar refractivity (Wildman–Crippen MR) is 133 cm³/mol. The van der Waals surface area contributed by atoms with Crippen molar-refractivity contribution in [2.75, 3.05) is 32.7 Å². The Morgan fingerprint density at radius 1 is 0.912 bits per heavy atom. The van der Waals surface area contributed by atoms with Crippen LogP contribution in [-0.4, -0.2) is 61.8 Å². The molecule has 3 aromatic rings. The summed E-state index contributed by atoms with van der Waals surface area (Å²) < 4.78 is 26.2. The van der Waals surface area contributed by atoms with Gasteiger partial charge in [0, 0.05) is 49.9 Å². The summed E-state index contributed by atoms with van der Waals surface area (Å²) in [6.07, 6.45) is 7.02. The number of carbonyl (C=O) groups excluding carboxylic acids is 1. The number of fused-ring (bicyclic) bond motifs is 1. The predicted octanol–water partition coefficient (Wildman–Crippen LogP) is 4.16. The van der Waals surface area contributed by atoms with Gasteiger partial charge >= 0.3 is 0 Å². The van der Waals surface area contributed by atoms with Crippen LogP contribution in [0, 0.1) is 5.92 Å². The molecule has 0 atom stereocenters. The zero-order valence-electron chi connectivity index (χ0n) is 19.4. The highest BCUT2D eigenvalue weighted by Gasteiger charge is 2.25. The van der Waals surface area contributed by atoms with Crippen molar-refractivity contribution in [3.8, 4) is 0 Å². The summed E-state index contributed by atoms with van der Waals surface area (Å²) >= 11 is 0. The van der Waals surface area contributed by atoms with Gasteiger partial charge in [-0.15, -0.1) is 0 Å². The molecule has 0 radical (unpaired) electrons. The third-order valence-corrected chi connectivity index (χ3v) is 8.85. The van der Waals surface area contributed by atoms with E-state index in [0.29, 0.717) is 16.6 Å². The van der Waals surface area contributed by atoms with E-state index in [1.54, 1.807) is 48.7 Å². The molecule has 2 aliphatic rings. The molecule has 2 aromatic carbocycles. The number of aromatic nitrogens is 1. The Hall–Kier alpha value is -2.77. The monoisotopic (exact) mass is 477 g/mol. The Labute approximate surface area is 201 Å². The molecule has 178 valence electrons.